The lowest BCUT2D eigenvalue weighted by molar-refractivity contribution is 0.0949. The Labute approximate surface area is 112 Å². The highest BCUT2D eigenvalue weighted by atomic mass is 32.2. The van der Waals surface area contributed by atoms with Crippen LogP contribution < -0.4 is 0 Å². The molecule has 0 saturated carbocycles. The quantitative estimate of drug-likeness (QED) is 0.649. The Morgan fingerprint density at radius 1 is 0.750 bits per heavy atom. The van der Waals surface area contributed by atoms with Crippen LogP contribution in [0, 0.1) is 0 Å². The third-order valence-electron chi connectivity index (χ3n) is 2.24. The van der Waals surface area contributed by atoms with Gasteiger partial charge in [0.2, 0.25) is 10.2 Å². The van der Waals surface area contributed by atoms with Gasteiger partial charge in [0.25, 0.3) is 0 Å². The molecule has 3 aliphatic rings. The number of allylic oxidation sites excluding steroid dienone is 2. The van der Waals surface area contributed by atoms with Crippen LogP contribution in [-0.2, 0) is 9.47 Å². The third kappa shape index (κ3) is 2.00. The van der Waals surface area contributed by atoms with Gasteiger partial charge in [-0.2, -0.15) is 0 Å². The Kier molecular flexibility index (Phi) is 3.17. The molecule has 0 amide bonds. The Hall–Kier alpha value is 0.220. The Bertz CT molecular complexity index is 400. The molecule has 0 atom stereocenters. The van der Waals surface area contributed by atoms with Crippen LogP contribution in [-0.4, -0.2) is 13.2 Å². The van der Waals surface area contributed by atoms with Crippen molar-refractivity contribution >= 4 is 47.0 Å². The van der Waals surface area contributed by atoms with E-state index in [4.69, 9.17) is 9.47 Å². The Balaban J connectivity index is 1.79. The zero-order valence-electron chi connectivity index (χ0n) is 8.86. The normalized spacial score (nSPS) is 24.9. The molecule has 6 heteroatoms. The van der Waals surface area contributed by atoms with Gasteiger partial charge in [0.05, 0.1) is 8.47 Å². The molecule has 0 saturated heterocycles. The molecule has 3 rings (SSSR count). The van der Waals surface area contributed by atoms with E-state index in [1.54, 1.807) is 23.5 Å². The maximum Gasteiger partial charge on any atom is 0.208 e. The van der Waals surface area contributed by atoms with Gasteiger partial charge in [-0.15, -0.1) is 0 Å². The highest BCUT2D eigenvalue weighted by Crippen LogP contribution is 2.60. The van der Waals surface area contributed by atoms with Gasteiger partial charge < -0.3 is 9.47 Å². The molecule has 2 nitrogen and oxygen atoms in total. The first-order chi connectivity index (χ1) is 7.74. The minimum absolute atomic E-state index is 0.672. The summed E-state index contributed by atoms with van der Waals surface area (Å²) in [6.45, 7) is 5.69. The first-order valence-electron chi connectivity index (χ1n) is 4.87. The van der Waals surface area contributed by atoms with Crippen LogP contribution in [0.1, 0.15) is 13.8 Å². The van der Waals surface area contributed by atoms with Gasteiger partial charge in [0, 0.05) is 0 Å². The number of hydrogen-bond donors (Lipinski definition) is 0. The highest BCUT2D eigenvalue weighted by molar-refractivity contribution is 8.34. The van der Waals surface area contributed by atoms with E-state index in [0.717, 1.165) is 10.2 Å². The van der Waals surface area contributed by atoms with E-state index in [-0.39, 0.29) is 0 Å². The van der Waals surface area contributed by atoms with Gasteiger partial charge in [-0.1, -0.05) is 23.5 Å². The van der Waals surface area contributed by atoms with Gasteiger partial charge in [-0.05, 0) is 47.2 Å². The van der Waals surface area contributed by atoms with E-state index in [9.17, 15) is 0 Å². The number of hydrogen-bond acceptors (Lipinski definition) is 6. The molecule has 0 aromatic carbocycles. The zero-order valence-corrected chi connectivity index (χ0v) is 12.1. The maximum atomic E-state index is 5.58. The molecule has 0 N–H and O–H groups in total. The monoisotopic (exact) mass is 290 g/mol. The van der Waals surface area contributed by atoms with Crippen molar-refractivity contribution in [3.8, 4) is 0 Å². The molecule has 86 valence electrons. The van der Waals surface area contributed by atoms with Crippen molar-refractivity contribution in [2.24, 2.45) is 0 Å². The fraction of sp³-hybridized carbons (Fsp3) is 0.400. The first kappa shape index (κ1) is 11.3. The summed E-state index contributed by atoms with van der Waals surface area (Å²) < 4.78 is 13.8. The lowest BCUT2D eigenvalue weighted by Gasteiger charge is -2.13. The van der Waals surface area contributed by atoms with Crippen LogP contribution in [0.4, 0.5) is 0 Å². The summed E-state index contributed by atoms with van der Waals surface area (Å²) in [4.78, 5) is 2.81. The van der Waals surface area contributed by atoms with Gasteiger partial charge >= 0.3 is 0 Å². The van der Waals surface area contributed by atoms with Crippen LogP contribution in [0.15, 0.2) is 28.5 Å². The molecule has 0 spiro atoms. The summed E-state index contributed by atoms with van der Waals surface area (Å²) >= 11 is 7.12. The van der Waals surface area contributed by atoms with Crippen LogP contribution in [0.5, 0.6) is 0 Å². The average Bonchev–Trinajstić information content (AvgIpc) is 2.83. The topological polar surface area (TPSA) is 18.5 Å². The van der Waals surface area contributed by atoms with Gasteiger partial charge in [0.15, 0.2) is 0 Å². The second-order valence-corrected chi connectivity index (χ2v) is 8.30. The van der Waals surface area contributed by atoms with E-state index in [2.05, 4.69) is 13.8 Å². The summed E-state index contributed by atoms with van der Waals surface area (Å²) in [6, 6.07) is 0. The lowest BCUT2D eigenvalue weighted by atomic mass is 10.6. The minimum atomic E-state index is 0.672. The third-order valence-corrected chi connectivity index (χ3v) is 7.78. The smallest absolute Gasteiger partial charge is 0.208 e. The van der Waals surface area contributed by atoms with Crippen molar-refractivity contribution in [1.29, 1.82) is 0 Å². The highest BCUT2D eigenvalue weighted by Gasteiger charge is 2.31. The van der Waals surface area contributed by atoms with E-state index in [1.807, 2.05) is 23.5 Å². The van der Waals surface area contributed by atoms with Crippen molar-refractivity contribution in [2.75, 3.05) is 13.2 Å². The molecule has 0 aromatic heterocycles. The fourth-order valence-corrected chi connectivity index (χ4v) is 6.45. The SMILES string of the molecule is CC1=C(C)SC(=C2SC3=C(OCCO3)S2)S1. The molecule has 0 aliphatic carbocycles. The number of rotatable bonds is 0. The largest absolute Gasteiger partial charge is 0.480 e. The molecular weight excluding hydrogens is 280 g/mol. The lowest BCUT2D eigenvalue weighted by Crippen LogP contribution is -2.08. The Morgan fingerprint density at radius 3 is 1.69 bits per heavy atom. The second kappa shape index (κ2) is 4.48. The molecule has 0 bridgehead atoms. The van der Waals surface area contributed by atoms with Crippen molar-refractivity contribution in [3.05, 3.63) is 28.5 Å². The summed E-state index contributed by atoms with van der Waals surface area (Å²) in [5.74, 6) is 0. The maximum absolute atomic E-state index is 5.58. The average molecular weight is 290 g/mol. The number of thioether (sulfide) groups is 4. The molecule has 3 aliphatic heterocycles. The van der Waals surface area contributed by atoms with Crippen molar-refractivity contribution in [2.45, 2.75) is 13.8 Å². The van der Waals surface area contributed by atoms with E-state index in [1.165, 1.54) is 18.3 Å². The molecule has 3 heterocycles. The molecular formula is C10H10O2S4. The molecule has 0 fully saturated rings. The van der Waals surface area contributed by atoms with Gasteiger partial charge in [-0.25, -0.2) is 0 Å². The standard InChI is InChI=1S/C10H10O2S4/c1-5-6(2)14-9(13-5)10-15-7-8(16-10)12-4-3-11-7/h3-4H2,1-2H3. The van der Waals surface area contributed by atoms with Crippen molar-refractivity contribution in [1.82, 2.24) is 0 Å². The summed E-state index contributed by atoms with van der Waals surface area (Å²) in [5.41, 5.74) is 0. The minimum Gasteiger partial charge on any atom is -0.480 e. The molecule has 0 aromatic rings. The van der Waals surface area contributed by atoms with E-state index >= 15 is 0 Å². The Morgan fingerprint density at radius 2 is 1.19 bits per heavy atom. The van der Waals surface area contributed by atoms with E-state index < -0.39 is 0 Å². The summed E-state index contributed by atoms with van der Waals surface area (Å²) in [6.07, 6.45) is 0. The fourth-order valence-electron chi connectivity index (χ4n) is 1.33. The van der Waals surface area contributed by atoms with Crippen molar-refractivity contribution < 1.29 is 9.47 Å². The van der Waals surface area contributed by atoms with Crippen molar-refractivity contribution in [3.63, 3.8) is 0 Å². The van der Waals surface area contributed by atoms with E-state index in [0.29, 0.717) is 13.2 Å². The van der Waals surface area contributed by atoms with Gasteiger partial charge in [-0.3, -0.25) is 0 Å². The zero-order chi connectivity index (χ0) is 11.1. The first-order valence-corrected chi connectivity index (χ1v) is 8.13. The molecule has 16 heavy (non-hydrogen) atoms. The van der Waals surface area contributed by atoms with Crippen LogP contribution in [0.3, 0.4) is 0 Å². The second-order valence-electron chi connectivity index (χ2n) is 3.37. The predicted molar refractivity (Wildman–Crippen MR) is 74.7 cm³/mol. The van der Waals surface area contributed by atoms with Crippen LogP contribution in [0.2, 0.25) is 0 Å². The predicted octanol–water partition coefficient (Wildman–Crippen LogP) is 4.50. The molecule has 0 radical (unpaired) electrons. The number of ether oxygens (including phenoxy) is 2. The van der Waals surface area contributed by atoms with Crippen LogP contribution in [0.25, 0.3) is 0 Å². The molecule has 0 unspecified atom stereocenters. The summed E-state index contributed by atoms with van der Waals surface area (Å²) in [7, 11) is 0. The van der Waals surface area contributed by atoms with Crippen LogP contribution >= 0.6 is 47.0 Å². The summed E-state index contributed by atoms with van der Waals surface area (Å²) in [5, 5.41) is 1.89. The van der Waals surface area contributed by atoms with Gasteiger partial charge in [0.1, 0.15) is 13.2 Å².